The van der Waals surface area contributed by atoms with Crippen molar-refractivity contribution >= 4 is 35.6 Å². The first-order valence-electron chi connectivity index (χ1n) is 9.74. The van der Waals surface area contributed by atoms with Gasteiger partial charge in [0, 0.05) is 51.5 Å². The van der Waals surface area contributed by atoms with Gasteiger partial charge in [0.25, 0.3) is 0 Å². The van der Waals surface area contributed by atoms with Crippen molar-refractivity contribution in [3.05, 3.63) is 48.0 Å². The Bertz CT molecular complexity index is 839. The van der Waals surface area contributed by atoms with Crippen molar-refractivity contribution in [3.8, 4) is 17.2 Å². The van der Waals surface area contributed by atoms with Crippen LogP contribution in [0.4, 0.5) is 5.69 Å². The van der Waals surface area contributed by atoms with Crippen molar-refractivity contribution < 1.29 is 14.2 Å². The highest BCUT2D eigenvalue weighted by Crippen LogP contribution is 2.27. The zero-order valence-corrected chi connectivity index (χ0v) is 20.4. The third kappa shape index (κ3) is 5.84. The summed E-state index contributed by atoms with van der Waals surface area (Å²) in [7, 11) is 6.81. The summed E-state index contributed by atoms with van der Waals surface area (Å²) in [6.45, 7) is 4.35. The van der Waals surface area contributed by atoms with Crippen molar-refractivity contribution in [1.29, 1.82) is 0 Å². The molecule has 2 aromatic carbocycles. The lowest BCUT2D eigenvalue weighted by Crippen LogP contribution is -2.52. The van der Waals surface area contributed by atoms with E-state index in [4.69, 9.17) is 14.2 Å². The molecule has 3 rings (SSSR count). The quantitative estimate of drug-likeness (QED) is 0.355. The highest BCUT2D eigenvalue weighted by Gasteiger charge is 2.20. The number of ether oxygens (including phenoxy) is 3. The molecule has 7 nitrogen and oxygen atoms in total. The summed E-state index contributed by atoms with van der Waals surface area (Å²) in [6, 6.07) is 14.2. The van der Waals surface area contributed by atoms with Crippen LogP contribution in [0.25, 0.3) is 0 Å². The summed E-state index contributed by atoms with van der Waals surface area (Å²) in [5, 5.41) is 3.46. The van der Waals surface area contributed by atoms with Gasteiger partial charge in [0.2, 0.25) is 0 Å². The monoisotopic (exact) mass is 526 g/mol. The molecule has 0 radical (unpaired) electrons. The fourth-order valence-electron chi connectivity index (χ4n) is 3.49. The molecule has 30 heavy (non-hydrogen) atoms. The molecule has 1 fully saturated rings. The molecular weight excluding hydrogens is 495 g/mol. The molecule has 0 bridgehead atoms. The van der Waals surface area contributed by atoms with Gasteiger partial charge in [-0.25, -0.2) is 0 Å². The Morgan fingerprint density at radius 1 is 0.933 bits per heavy atom. The molecule has 0 aromatic heterocycles. The van der Waals surface area contributed by atoms with Gasteiger partial charge in [-0.3, -0.25) is 4.99 Å². The molecule has 1 aliphatic rings. The second-order valence-corrected chi connectivity index (χ2v) is 6.77. The minimum Gasteiger partial charge on any atom is -0.497 e. The number of nitrogens with zero attached hydrogens (tertiary/aromatic N) is 3. The molecule has 8 heteroatoms. The van der Waals surface area contributed by atoms with E-state index in [2.05, 4.69) is 32.2 Å². The molecule has 0 amide bonds. The number of hydrogen-bond acceptors (Lipinski definition) is 5. The number of halogens is 1. The standard InChI is InChI=1S/C22H30N4O3.HI/c1-23-22(24-16-17-8-9-20(28-3)21(14-17)29-4)26-12-10-25(11-13-26)18-6-5-7-19(15-18)27-2;/h5-9,14-15H,10-13,16H2,1-4H3,(H,23,24);1H. The molecule has 1 aliphatic heterocycles. The fraction of sp³-hybridized carbons (Fsp3) is 0.409. The van der Waals surface area contributed by atoms with Crippen molar-refractivity contribution in [1.82, 2.24) is 10.2 Å². The molecule has 2 aromatic rings. The second-order valence-electron chi connectivity index (χ2n) is 6.77. The van der Waals surface area contributed by atoms with Gasteiger partial charge in [-0.1, -0.05) is 12.1 Å². The zero-order chi connectivity index (χ0) is 20.6. The second kappa shape index (κ2) is 11.7. The van der Waals surface area contributed by atoms with Crippen LogP contribution in [-0.4, -0.2) is 65.4 Å². The van der Waals surface area contributed by atoms with Crippen LogP contribution in [0, 0.1) is 0 Å². The number of aliphatic imine (C=N–C) groups is 1. The molecular formula is C22H31IN4O3. The summed E-state index contributed by atoms with van der Waals surface area (Å²) in [5.74, 6) is 3.25. The van der Waals surface area contributed by atoms with Crippen molar-refractivity contribution in [2.45, 2.75) is 6.54 Å². The van der Waals surface area contributed by atoms with Crippen LogP contribution in [0.5, 0.6) is 17.2 Å². The van der Waals surface area contributed by atoms with E-state index >= 15 is 0 Å². The van der Waals surface area contributed by atoms with Gasteiger partial charge in [0.1, 0.15) is 5.75 Å². The van der Waals surface area contributed by atoms with Crippen LogP contribution in [0.1, 0.15) is 5.56 Å². The predicted molar refractivity (Wildman–Crippen MR) is 132 cm³/mol. The number of anilines is 1. The van der Waals surface area contributed by atoms with E-state index in [1.165, 1.54) is 5.69 Å². The van der Waals surface area contributed by atoms with E-state index in [1.807, 2.05) is 37.4 Å². The van der Waals surface area contributed by atoms with Gasteiger partial charge in [-0.05, 0) is 29.8 Å². The summed E-state index contributed by atoms with van der Waals surface area (Å²) in [6.07, 6.45) is 0. The third-order valence-electron chi connectivity index (χ3n) is 5.11. The maximum Gasteiger partial charge on any atom is 0.194 e. The Hall–Kier alpha value is -2.36. The van der Waals surface area contributed by atoms with Crippen molar-refractivity contribution in [2.24, 2.45) is 4.99 Å². The average Bonchev–Trinajstić information content (AvgIpc) is 2.79. The Morgan fingerprint density at radius 2 is 1.67 bits per heavy atom. The van der Waals surface area contributed by atoms with E-state index in [0.717, 1.165) is 55.0 Å². The number of methoxy groups -OCH3 is 3. The average molecular weight is 526 g/mol. The highest BCUT2D eigenvalue weighted by atomic mass is 127. The van der Waals surface area contributed by atoms with E-state index < -0.39 is 0 Å². The van der Waals surface area contributed by atoms with Crippen LogP contribution < -0.4 is 24.4 Å². The maximum absolute atomic E-state index is 5.39. The van der Waals surface area contributed by atoms with Crippen molar-refractivity contribution in [3.63, 3.8) is 0 Å². The van der Waals surface area contributed by atoms with E-state index in [0.29, 0.717) is 6.54 Å². The highest BCUT2D eigenvalue weighted by molar-refractivity contribution is 14.0. The molecule has 1 heterocycles. The van der Waals surface area contributed by atoms with Crippen LogP contribution in [0.2, 0.25) is 0 Å². The Labute approximate surface area is 196 Å². The molecule has 0 atom stereocenters. The fourth-order valence-corrected chi connectivity index (χ4v) is 3.49. The Kier molecular flexibility index (Phi) is 9.35. The van der Waals surface area contributed by atoms with Gasteiger partial charge in [0.05, 0.1) is 21.3 Å². The third-order valence-corrected chi connectivity index (χ3v) is 5.11. The first kappa shape index (κ1) is 23.9. The largest absolute Gasteiger partial charge is 0.497 e. The molecule has 0 unspecified atom stereocenters. The number of benzene rings is 2. The summed E-state index contributed by atoms with van der Waals surface area (Å²) >= 11 is 0. The number of nitrogens with one attached hydrogen (secondary N) is 1. The first-order valence-corrected chi connectivity index (χ1v) is 9.74. The molecule has 0 saturated carbocycles. The molecule has 0 aliphatic carbocycles. The molecule has 164 valence electrons. The van der Waals surface area contributed by atoms with Gasteiger partial charge in [0.15, 0.2) is 17.5 Å². The normalized spacial score (nSPS) is 14.1. The SMILES string of the molecule is CN=C(NCc1ccc(OC)c(OC)c1)N1CCN(c2cccc(OC)c2)CC1.I. The Morgan fingerprint density at radius 3 is 2.30 bits per heavy atom. The summed E-state index contributed by atoms with van der Waals surface area (Å²) in [4.78, 5) is 9.13. The van der Waals surface area contributed by atoms with E-state index in [-0.39, 0.29) is 24.0 Å². The van der Waals surface area contributed by atoms with E-state index in [1.54, 1.807) is 21.3 Å². The van der Waals surface area contributed by atoms with Gasteiger partial charge >= 0.3 is 0 Å². The number of rotatable bonds is 6. The van der Waals surface area contributed by atoms with Crippen LogP contribution >= 0.6 is 24.0 Å². The van der Waals surface area contributed by atoms with Gasteiger partial charge in [-0.2, -0.15) is 0 Å². The smallest absolute Gasteiger partial charge is 0.194 e. The summed E-state index contributed by atoms with van der Waals surface area (Å²) < 4.78 is 16.0. The molecule has 0 spiro atoms. The summed E-state index contributed by atoms with van der Waals surface area (Å²) in [5.41, 5.74) is 2.30. The van der Waals surface area contributed by atoms with Crippen molar-refractivity contribution in [2.75, 3.05) is 59.5 Å². The number of guanidine groups is 1. The number of hydrogen-bond donors (Lipinski definition) is 1. The lowest BCUT2D eigenvalue weighted by atomic mass is 10.2. The molecule has 1 saturated heterocycles. The Balaban J connectivity index is 0.00000320. The van der Waals surface area contributed by atoms with Crippen LogP contribution in [0.3, 0.4) is 0 Å². The van der Waals surface area contributed by atoms with E-state index in [9.17, 15) is 0 Å². The lowest BCUT2D eigenvalue weighted by Gasteiger charge is -2.37. The van der Waals surface area contributed by atoms with Crippen LogP contribution in [-0.2, 0) is 6.54 Å². The lowest BCUT2D eigenvalue weighted by molar-refractivity contribution is 0.354. The van der Waals surface area contributed by atoms with Gasteiger partial charge < -0.3 is 29.3 Å². The zero-order valence-electron chi connectivity index (χ0n) is 18.1. The first-order chi connectivity index (χ1) is 14.2. The molecule has 1 N–H and O–H groups in total. The maximum atomic E-state index is 5.39. The topological polar surface area (TPSA) is 58.6 Å². The minimum absolute atomic E-state index is 0. The minimum atomic E-state index is 0. The predicted octanol–water partition coefficient (Wildman–Crippen LogP) is 3.23. The van der Waals surface area contributed by atoms with Crippen LogP contribution in [0.15, 0.2) is 47.5 Å². The number of piperazine rings is 1. The van der Waals surface area contributed by atoms with Gasteiger partial charge in [-0.15, -0.1) is 24.0 Å².